The summed E-state index contributed by atoms with van der Waals surface area (Å²) in [5, 5.41) is 0. The second kappa shape index (κ2) is 6.36. The molecule has 2 N–H and O–H groups in total. The Bertz CT molecular complexity index is 502. The predicted molar refractivity (Wildman–Crippen MR) is 78.4 cm³/mol. The van der Waals surface area contributed by atoms with Crippen LogP contribution in [0.4, 0.5) is 0 Å². The van der Waals surface area contributed by atoms with Gasteiger partial charge in [0.15, 0.2) is 0 Å². The highest BCUT2D eigenvalue weighted by Gasteiger charge is 2.07. The van der Waals surface area contributed by atoms with Gasteiger partial charge in [0.05, 0.1) is 0 Å². The van der Waals surface area contributed by atoms with Crippen LogP contribution in [-0.4, -0.2) is 0 Å². The fourth-order valence-corrected chi connectivity index (χ4v) is 2.33. The Morgan fingerprint density at radius 3 is 2.00 bits per heavy atom. The van der Waals surface area contributed by atoms with Crippen LogP contribution >= 0.6 is 0 Å². The van der Waals surface area contributed by atoms with Gasteiger partial charge in [-0.05, 0) is 35.1 Å². The van der Waals surface area contributed by atoms with Gasteiger partial charge in [-0.15, -0.1) is 0 Å². The summed E-state index contributed by atoms with van der Waals surface area (Å²) in [6.07, 6.45) is 3.61. The highest BCUT2D eigenvalue weighted by Crippen LogP contribution is 2.27. The first kappa shape index (κ1) is 12.8. The molecule has 1 nitrogen and oxygen atoms in total. The van der Waals surface area contributed by atoms with E-state index in [4.69, 9.17) is 5.73 Å². The molecule has 0 unspecified atom stereocenters. The maximum atomic E-state index is 5.84. The van der Waals surface area contributed by atoms with Gasteiger partial charge in [-0.1, -0.05) is 61.9 Å². The Kier molecular flexibility index (Phi) is 4.54. The number of aryl methyl sites for hydroxylation is 1. The second-order valence-corrected chi connectivity index (χ2v) is 4.62. The zero-order chi connectivity index (χ0) is 12.8. The van der Waals surface area contributed by atoms with Crippen molar-refractivity contribution in [1.29, 1.82) is 0 Å². The first-order valence-electron chi connectivity index (χ1n) is 6.73. The SMILES string of the molecule is CCCCc1ccccc1-c1ccccc1CN. The van der Waals surface area contributed by atoms with Crippen LogP contribution in [0.15, 0.2) is 48.5 Å². The van der Waals surface area contributed by atoms with Gasteiger partial charge < -0.3 is 5.73 Å². The molecule has 0 saturated carbocycles. The normalized spacial score (nSPS) is 10.6. The molecule has 2 rings (SSSR count). The number of rotatable bonds is 5. The summed E-state index contributed by atoms with van der Waals surface area (Å²) >= 11 is 0. The summed E-state index contributed by atoms with van der Waals surface area (Å²) in [7, 11) is 0. The maximum Gasteiger partial charge on any atom is 0.0184 e. The molecule has 0 aliphatic heterocycles. The van der Waals surface area contributed by atoms with Crippen LogP contribution in [0.2, 0.25) is 0 Å². The van der Waals surface area contributed by atoms with Crippen molar-refractivity contribution in [2.45, 2.75) is 32.7 Å². The van der Waals surface area contributed by atoms with E-state index < -0.39 is 0 Å². The molecule has 2 aromatic rings. The number of unbranched alkanes of at least 4 members (excludes halogenated alkanes) is 1. The van der Waals surface area contributed by atoms with Gasteiger partial charge in [0, 0.05) is 6.54 Å². The van der Waals surface area contributed by atoms with Crippen molar-refractivity contribution in [3.05, 3.63) is 59.7 Å². The molecular weight excluding hydrogens is 218 g/mol. The summed E-state index contributed by atoms with van der Waals surface area (Å²) in [6, 6.07) is 17.1. The van der Waals surface area contributed by atoms with E-state index in [0.29, 0.717) is 6.54 Å². The van der Waals surface area contributed by atoms with E-state index in [-0.39, 0.29) is 0 Å². The molecule has 0 heterocycles. The van der Waals surface area contributed by atoms with Crippen LogP contribution in [0.1, 0.15) is 30.9 Å². The predicted octanol–water partition coefficient (Wildman–Crippen LogP) is 4.15. The Hall–Kier alpha value is -1.60. The standard InChI is InChI=1S/C17H21N/c1-2-3-8-14-9-4-6-11-16(14)17-12-7-5-10-15(17)13-18/h4-7,9-12H,2-3,8,13,18H2,1H3. The largest absolute Gasteiger partial charge is 0.326 e. The van der Waals surface area contributed by atoms with E-state index in [1.807, 2.05) is 0 Å². The van der Waals surface area contributed by atoms with Crippen molar-refractivity contribution in [2.75, 3.05) is 0 Å². The smallest absolute Gasteiger partial charge is 0.0184 e. The lowest BCUT2D eigenvalue weighted by Gasteiger charge is -2.12. The number of nitrogens with two attached hydrogens (primary N) is 1. The van der Waals surface area contributed by atoms with Crippen molar-refractivity contribution >= 4 is 0 Å². The lowest BCUT2D eigenvalue weighted by Crippen LogP contribution is -2.00. The van der Waals surface area contributed by atoms with Crippen molar-refractivity contribution in [1.82, 2.24) is 0 Å². The molecule has 0 aromatic heterocycles. The topological polar surface area (TPSA) is 26.0 Å². The van der Waals surface area contributed by atoms with E-state index in [0.717, 1.165) is 6.42 Å². The van der Waals surface area contributed by atoms with Crippen molar-refractivity contribution < 1.29 is 0 Å². The van der Waals surface area contributed by atoms with Gasteiger partial charge >= 0.3 is 0 Å². The average molecular weight is 239 g/mol. The Labute approximate surface area is 110 Å². The summed E-state index contributed by atoms with van der Waals surface area (Å²) in [5.74, 6) is 0. The lowest BCUT2D eigenvalue weighted by molar-refractivity contribution is 0.796. The molecular formula is C17H21N. The molecule has 0 spiro atoms. The third-order valence-electron chi connectivity index (χ3n) is 3.34. The monoisotopic (exact) mass is 239 g/mol. The summed E-state index contributed by atoms with van der Waals surface area (Å²) in [5.41, 5.74) is 11.1. The van der Waals surface area contributed by atoms with Gasteiger partial charge in [0.2, 0.25) is 0 Å². The van der Waals surface area contributed by atoms with Crippen LogP contribution in [0.25, 0.3) is 11.1 Å². The summed E-state index contributed by atoms with van der Waals surface area (Å²) in [4.78, 5) is 0. The third-order valence-corrected chi connectivity index (χ3v) is 3.34. The average Bonchev–Trinajstić information content (AvgIpc) is 2.45. The van der Waals surface area contributed by atoms with Crippen LogP contribution in [-0.2, 0) is 13.0 Å². The molecule has 94 valence electrons. The zero-order valence-corrected chi connectivity index (χ0v) is 11.0. The molecule has 0 saturated heterocycles. The van der Waals surface area contributed by atoms with Gasteiger partial charge in [-0.3, -0.25) is 0 Å². The van der Waals surface area contributed by atoms with Gasteiger partial charge in [0.1, 0.15) is 0 Å². The molecule has 0 bridgehead atoms. The van der Waals surface area contributed by atoms with Crippen LogP contribution in [0, 0.1) is 0 Å². The fraction of sp³-hybridized carbons (Fsp3) is 0.294. The molecule has 0 aliphatic rings. The minimum absolute atomic E-state index is 0.596. The van der Waals surface area contributed by atoms with Crippen molar-refractivity contribution in [2.24, 2.45) is 5.73 Å². The number of benzene rings is 2. The van der Waals surface area contributed by atoms with Crippen molar-refractivity contribution in [3.63, 3.8) is 0 Å². The molecule has 18 heavy (non-hydrogen) atoms. The Morgan fingerprint density at radius 2 is 1.39 bits per heavy atom. The van der Waals surface area contributed by atoms with Gasteiger partial charge in [-0.25, -0.2) is 0 Å². The third kappa shape index (κ3) is 2.80. The number of hydrogen-bond donors (Lipinski definition) is 1. The second-order valence-electron chi connectivity index (χ2n) is 4.62. The van der Waals surface area contributed by atoms with Gasteiger partial charge in [0.25, 0.3) is 0 Å². The minimum Gasteiger partial charge on any atom is -0.326 e. The molecule has 0 fully saturated rings. The van der Waals surface area contributed by atoms with E-state index in [9.17, 15) is 0 Å². The number of hydrogen-bond acceptors (Lipinski definition) is 1. The molecule has 0 amide bonds. The van der Waals surface area contributed by atoms with Crippen molar-refractivity contribution in [3.8, 4) is 11.1 Å². The maximum absolute atomic E-state index is 5.84. The highest BCUT2D eigenvalue weighted by molar-refractivity contribution is 5.70. The Balaban J connectivity index is 2.43. The van der Waals surface area contributed by atoms with E-state index >= 15 is 0 Å². The molecule has 2 aromatic carbocycles. The molecule has 1 heteroatoms. The van der Waals surface area contributed by atoms with E-state index in [1.54, 1.807) is 0 Å². The van der Waals surface area contributed by atoms with E-state index in [2.05, 4.69) is 55.5 Å². The lowest BCUT2D eigenvalue weighted by atomic mass is 9.93. The summed E-state index contributed by atoms with van der Waals surface area (Å²) in [6.45, 7) is 2.83. The minimum atomic E-state index is 0.596. The van der Waals surface area contributed by atoms with Crippen LogP contribution < -0.4 is 5.73 Å². The first-order chi connectivity index (χ1) is 8.86. The molecule has 0 atom stereocenters. The quantitative estimate of drug-likeness (QED) is 0.833. The molecule has 0 radical (unpaired) electrons. The van der Waals surface area contributed by atoms with Gasteiger partial charge in [-0.2, -0.15) is 0 Å². The fourth-order valence-electron chi connectivity index (χ4n) is 2.33. The Morgan fingerprint density at radius 1 is 0.833 bits per heavy atom. The molecule has 0 aliphatic carbocycles. The highest BCUT2D eigenvalue weighted by atomic mass is 14.5. The first-order valence-corrected chi connectivity index (χ1v) is 6.73. The van der Waals surface area contributed by atoms with E-state index in [1.165, 1.54) is 35.1 Å². The van der Waals surface area contributed by atoms with Crippen LogP contribution in [0.5, 0.6) is 0 Å². The zero-order valence-electron chi connectivity index (χ0n) is 11.0. The van der Waals surface area contributed by atoms with Crippen LogP contribution in [0.3, 0.4) is 0 Å². The summed E-state index contributed by atoms with van der Waals surface area (Å²) < 4.78 is 0.